The van der Waals surface area contributed by atoms with E-state index < -0.39 is 12.1 Å². The number of hydrogen-bond donors (Lipinski definition) is 3. The summed E-state index contributed by atoms with van der Waals surface area (Å²) in [5.41, 5.74) is 0. The molecule has 0 saturated carbocycles. The number of esters is 1. The van der Waals surface area contributed by atoms with Crippen molar-refractivity contribution in [3.8, 4) is 0 Å². The van der Waals surface area contributed by atoms with E-state index in [9.17, 15) is 19.8 Å². The quantitative estimate of drug-likeness (QED) is 0.0320. The number of nitrogens with one attached hydrogen (secondary N) is 1. The number of carbonyl (C=O) groups is 2. The minimum Gasteiger partial charge on any atom is -0.466 e. The first-order valence-corrected chi connectivity index (χ1v) is 36.1. The molecule has 0 saturated heterocycles. The van der Waals surface area contributed by atoms with Gasteiger partial charge in [-0.3, -0.25) is 9.59 Å². The SMILES string of the molecule is CCCCCCCCCCCCCCCCCCCCCCC/C=C/C(O)C(CO)NC(=O)CCCCCCCCC/C=C\CCCCCCCCCCCCCCOC(=O)CCCCCCCCCCCCCCCCCC. The van der Waals surface area contributed by atoms with E-state index >= 15 is 0 Å². The molecule has 0 aliphatic heterocycles. The Labute approximate surface area is 494 Å². The number of unbranched alkanes of at least 4 members (excludes halogenated alkanes) is 55. The van der Waals surface area contributed by atoms with Crippen molar-refractivity contribution in [3.05, 3.63) is 24.3 Å². The van der Waals surface area contributed by atoms with Gasteiger partial charge in [0.1, 0.15) is 0 Å². The maximum absolute atomic E-state index is 12.5. The highest BCUT2D eigenvalue weighted by Gasteiger charge is 2.18. The molecule has 0 heterocycles. The summed E-state index contributed by atoms with van der Waals surface area (Å²) >= 11 is 0. The maximum Gasteiger partial charge on any atom is 0.305 e. The predicted molar refractivity (Wildman–Crippen MR) is 347 cm³/mol. The number of aliphatic hydroxyl groups excluding tert-OH is 2. The zero-order valence-electron chi connectivity index (χ0n) is 53.6. The van der Waals surface area contributed by atoms with Crippen molar-refractivity contribution < 1.29 is 24.5 Å². The predicted octanol–water partition coefficient (Wildman–Crippen LogP) is 23.3. The van der Waals surface area contributed by atoms with Crippen molar-refractivity contribution in [2.75, 3.05) is 13.2 Å². The molecule has 0 aromatic heterocycles. The van der Waals surface area contributed by atoms with Gasteiger partial charge in [-0.25, -0.2) is 0 Å². The molecule has 2 unspecified atom stereocenters. The Kier molecular flexibility index (Phi) is 67.4. The molecule has 3 N–H and O–H groups in total. The standard InChI is InChI=1S/C73H141NO5/c1-3-5-7-9-11-13-15-17-19-21-22-23-25-28-31-34-37-41-45-49-53-57-61-65-71(76)70(69-75)74-72(77)66-62-58-54-50-46-42-38-35-32-29-26-24-27-30-33-36-40-44-48-52-56-60-64-68-79-73(78)67-63-59-55-51-47-43-39-20-18-16-14-12-10-8-6-4-2/h29,32,61,65,70-71,75-76H,3-28,30-31,33-60,62-64,66-69H2,1-2H3,(H,74,77)/b32-29-,65-61+. The average molecular weight is 1110 g/mol. The third-order valence-electron chi connectivity index (χ3n) is 17.0. The van der Waals surface area contributed by atoms with Crippen LogP contribution in [-0.4, -0.2) is 47.4 Å². The summed E-state index contributed by atoms with van der Waals surface area (Å²) in [4.78, 5) is 24.6. The van der Waals surface area contributed by atoms with E-state index in [-0.39, 0.29) is 18.5 Å². The van der Waals surface area contributed by atoms with Crippen LogP contribution in [0.3, 0.4) is 0 Å². The summed E-state index contributed by atoms with van der Waals surface area (Å²) in [6, 6.07) is -0.634. The van der Waals surface area contributed by atoms with Crippen LogP contribution in [0.15, 0.2) is 24.3 Å². The van der Waals surface area contributed by atoms with E-state index in [2.05, 4.69) is 31.3 Å². The summed E-state index contributed by atoms with van der Waals surface area (Å²) in [5, 5.41) is 23.3. The summed E-state index contributed by atoms with van der Waals surface area (Å²) in [7, 11) is 0. The summed E-state index contributed by atoms with van der Waals surface area (Å²) in [6.07, 6.45) is 86.9. The van der Waals surface area contributed by atoms with Crippen LogP contribution >= 0.6 is 0 Å². The van der Waals surface area contributed by atoms with Gasteiger partial charge in [-0.15, -0.1) is 0 Å². The van der Waals surface area contributed by atoms with Crippen molar-refractivity contribution in [1.82, 2.24) is 5.32 Å². The Bertz CT molecular complexity index is 1230. The fraction of sp³-hybridized carbons (Fsp3) is 0.918. The van der Waals surface area contributed by atoms with Gasteiger partial charge in [-0.1, -0.05) is 359 Å². The lowest BCUT2D eigenvalue weighted by Gasteiger charge is -2.20. The molecular formula is C73H141NO5. The maximum atomic E-state index is 12.5. The smallest absolute Gasteiger partial charge is 0.305 e. The molecule has 468 valence electrons. The molecule has 0 aromatic rings. The molecule has 0 aliphatic carbocycles. The number of aliphatic hydroxyl groups is 2. The summed E-state index contributed by atoms with van der Waals surface area (Å²) in [5.74, 6) is -0.0545. The molecule has 0 fully saturated rings. The van der Waals surface area contributed by atoms with Crippen LogP contribution < -0.4 is 5.32 Å². The molecule has 6 heteroatoms. The van der Waals surface area contributed by atoms with Crippen LogP contribution in [0.5, 0.6) is 0 Å². The number of rotatable bonds is 68. The second-order valence-electron chi connectivity index (χ2n) is 24.9. The molecule has 2 atom stereocenters. The van der Waals surface area contributed by atoms with Crippen molar-refractivity contribution in [1.29, 1.82) is 0 Å². The topological polar surface area (TPSA) is 95.9 Å². The second kappa shape index (κ2) is 68.8. The Balaban J connectivity index is 3.42. The molecule has 0 spiro atoms. The molecule has 1 amide bonds. The van der Waals surface area contributed by atoms with Crippen LogP contribution in [0.25, 0.3) is 0 Å². The lowest BCUT2D eigenvalue weighted by atomic mass is 10.0. The largest absolute Gasteiger partial charge is 0.466 e. The molecule has 0 radical (unpaired) electrons. The average Bonchev–Trinajstić information content (AvgIpc) is 3.45. The van der Waals surface area contributed by atoms with Gasteiger partial charge in [0.15, 0.2) is 0 Å². The van der Waals surface area contributed by atoms with E-state index in [0.717, 1.165) is 44.9 Å². The third kappa shape index (κ3) is 65.4. The highest BCUT2D eigenvalue weighted by molar-refractivity contribution is 5.76. The van der Waals surface area contributed by atoms with Gasteiger partial charge in [0.2, 0.25) is 5.91 Å². The van der Waals surface area contributed by atoms with Gasteiger partial charge in [0, 0.05) is 12.8 Å². The zero-order chi connectivity index (χ0) is 57.1. The third-order valence-corrected chi connectivity index (χ3v) is 17.0. The van der Waals surface area contributed by atoms with Crippen molar-refractivity contribution >= 4 is 11.9 Å². The fourth-order valence-corrected chi connectivity index (χ4v) is 11.5. The number of amides is 1. The van der Waals surface area contributed by atoms with Gasteiger partial charge in [0.05, 0.1) is 25.4 Å². The van der Waals surface area contributed by atoms with E-state index in [4.69, 9.17) is 4.74 Å². The summed E-state index contributed by atoms with van der Waals surface area (Å²) in [6.45, 7) is 4.95. The lowest BCUT2D eigenvalue weighted by Crippen LogP contribution is -2.45. The van der Waals surface area contributed by atoms with E-state index in [1.807, 2.05) is 6.08 Å². The van der Waals surface area contributed by atoms with Crippen LogP contribution in [0.1, 0.15) is 406 Å². The first kappa shape index (κ1) is 77.3. The van der Waals surface area contributed by atoms with Crippen LogP contribution in [0, 0.1) is 0 Å². The van der Waals surface area contributed by atoms with Gasteiger partial charge in [-0.05, 0) is 57.8 Å². The van der Waals surface area contributed by atoms with Crippen molar-refractivity contribution in [2.24, 2.45) is 0 Å². The molecular weight excluding hydrogens is 971 g/mol. The zero-order valence-corrected chi connectivity index (χ0v) is 53.6. The fourth-order valence-electron chi connectivity index (χ4n) is 11.5. The monoisotopic (exact) mass is 1110 g/mol. The molecule has 0 rings (SSSR count). The lowest BCUT2D eigenvalue weighted by molar-refractivity contribution is -0.143. The van der Waals surface area contributed by atoms with E-state index in [1.54, 1.807) is 6.08 Å². The van der Waals surface area contributed by atoms with E-state index in [0.29, 0.717) is 19.4 Å². The normalized spacial score (nSPS) is 12.6. The number of allylic oxidation sites excluding steroid dienone is 3. The Morgan fingerprint density at radius 3 is 0.899 bits per heavy atom. The van der Waals surface area contributed by atoms with Gasteiger partial charge < -0.3 is 20.3 Å². The van der Waals surface area contributed by atoms with Crippen LogP contribution in [0.2, 0.25) is 0 Å². The van der Waals surface area contributed by atoms with Gasteiger partial charge in [0.25, 0.3) is 0 Å². The number of hydrogen-bond acceptors (Lipinski definition) is 5. The molecule has 0 bridgehead atoms. The van der Waals surface area contributed by atoms with E-state index in [1.165, 1.54) is 334 Å². The highest BCUT2D eigenvalue weighted by Crippen LogP contribution is 2.19. The minimum absolute atomic E-state index is 0.0154. The van der Waals surface area contributed by atoms with Gasteiger partial charge >= 0.3 is 5.97 Å². The summed E-state index contributed by atoms with van der Waals surface area (Å²) < 4.78 is 5.50. The second-order valence-corrected chi connectivity index (χ2v) is 24.9. The Morgan fingerprint density at radius 1 is 0.342 bits per heavy atom. The minimum atomic E-state index is -0.850. The first-order valence-electron chi connectivity index (χ1n) is 36.1. The number of carbonyl (C=O) groups excluding carboxylic acids is 2. The van der Waals surface area contributed by atoms with Crippen molar-refractivity contribution in [3.63, 3.8) is 0 Å². The Morgan fingerprint density at radius 2 is 0.595 bits per heavy atom. The number of ether oxygens (including phenoxy) is 1. The van der Waals surface area contributed by atoms with Crippen LogP contribution in [0.4, 0.5) is 0 Å². The van der Waals surface area contributed by atoms with Gasteiger partial charge in [-0.2, -0.15) is 0 Å². The Hall–Kier alpha value is -1.66. The molecule has 0 aromatic carbocycles. The van der Waals surface area contributed by atoms with Crippen LogP contribution in [-0.2, 0) is 14.3 Å². The molecule has 0 aliphatic rings. The molecule has 6 nitrogen and oxygen atoms in total. The highest BCUT2D eigenvalue weighted by atomic mass is 16.5. The first-order chi connectivity index (χ1) is 39.0. The van der Waals surface area contributed by atoms with Crippen molar-refractivity contribution in [2.45, 2.75) is 418 Å². The molecule has 79 heavy (non-hydrogen) atoms.